The number of likely N-dealkylation sites (N-methyl/N-ethyl adjacent to an activating group) is 1. The molecule has 0 saturated carbocycles. The molecule has 1 aliphatic rings. The molecule has 1 unspecified atom stereocenters. The van der Waals surface area contributed by atoms with E-state index in [0.717, 1.165) is 49.6 Å². The third-order valence-corrected chi connectivity index (χ3v) is 4.87. The first-order chi connectivity index (χ1) is 11.6. The van der Waals surface area contributed by atoms with Gasteiger partial charge in [0.1, 0.15) is 5.82 Å². The number of amides is 1. The Morgan fingerprint density at radius 2 is 1.88 bits per heavy atom. The summed E-state index contributed by atoms with van der Waals surface area (Å²) in [6.07, 6.45) is 0. The summed E-state index contributed by atoms with van der Waals surface area (Å²) < 4.78 is 2.06. The second-order valence-electron chi connectivity index (χ2n) is 6.52. The monoisotopic (exact) mass is 329 g/mol. The molecule has 2 heterocycles. The van der Waals surface area contributed by atoms with Gasteiger partial charge < -0.3 is 14.8 Å². The van der Waals surface area contributed by atoms with Crippen LogP contribution < -0.4 is 5.32 Å². The van der Waals surface area contributed by atoms with Crippen LogP contribution in [0.4, 0.5) is 0 Å². The van der Waals surface area contributed by atoms with Crippen LogP contribution in [0.3, 0.4) is 0 Å². The molecule has 1 N–H and O–H groups in total. The minimum absolute atomic E-state index is 0.0690. The van der Waals surface area contributed by atoms with Gasteiger partial charge in [0.05, 0.1) is 23.6 Å². The van der Waals surface area contributed by atoms with Crippen LogP contribution in [0, 0.1) is 0 Å². The van der Waals surface area contributed by atoms with Crippen LogP contribution in [0.1, 0.15) is 25.7 Å². The number of imidazole rings is 1. The molecule has 0 spiro atoms. The van der Waals surface area contributed by atoms with Gasteiger partial charge in [-0.2, -0.15) is 0 Å². The van der Waals surface area contributed by atoms with E-state index in [0.29, 0.717) is 6.54 Å². The molecule has 6 heteroatoms. The van der Waals surface area contributed by atoms with Crippen molar-refractivity contribution in [1.29, 1.82) is 0 Å². The molecule has 3 rings (SSSR count). The van der Waals surface area contributed by atoms with Crippen LogP contribution in [0.25, 0.3) is 11.0 Å². The first-order valence-electron chi connectivity index (χ1n) is 8.74. The number of piperazine rings is 1. The average molecular weight is 329 g/mol. The number of rotatable bonds is 5. The van der Waals surface area contributed by atoms with Gasteiger partial charge in [0.15, 0.2) is 0 Å². The minimum atomic E-state index is -0.105. The van der Waals surface area contributed by atoms with Crippen LogP contribution in [0.5, 0.6) is 0 Å². The number of carbonyl (C=O) groups is 1. The summed E-state index contributed by atoms with van der Waals surface area (Å²) >= 11 is 0. The zero-order valence-electron chi connectivity index (χ0n) is 14.8. The number of benzene rings is 1. The van der Waals surface area contributed by atoms with Crippen LogP contribution in [0.15, 0.2) is 24.3 Å². The Bertz CT molecular complexity index is 702. The van der Waals surface area contributed by atoms with Gasteiger partial charge >= 0.3 is 0 Å². The molecule has 1 saturated heterocycles. The summed E-state index contributed by atoms with van der Waals surface area (Å²) in [7, 11) is 2.00. The van der Waals surface area contributed by atoms with E-state index >= 15 is 0 Å². The zero-order valence-corrected chi connectivity index (χ0v) is 14.8. The van der Waals surface area contributed by atoms with Gasteiger partial charge in [0, 0.05) is 33.2 Å². The topological polar surface area (TPSA) is 53.4 Å². The number of aryl methyl sites for hydroxylation is 1. The predicted molar refractivity (Wildman–Crippen MR) is 95.8 cm³/mol. The highest BCUT2D eigenvalue weighted by molar-refractivity contribution is 5.79. The van der Waals surface area contributed by atoms with Crippen LogP contribution in [-0.4, -0.2) is 64.5 Å². The molecule has 1 fully saturated rings. The Balaban J connectivity index is 1.58. The van der Waals surface area contributed by atoms with Crippen molar-refractivity contribution in [1.82, 2.24) is 24.7 Å². The lowest BCUT2D eigenvalue weighted by molar-refractivity contribution is -0.123. The van der Waals surface area contributed by atoms with E-state index in [2.05, 4.69) is 31.6 Å². The third kappa shape index (κ3) is 3.60. The maximum absolute atomic E-state index is 12.4. The molecule has 0 bridgehead atoms. The summed E-state index contributed by atoms with van der Waals surface area (Å²) in [5.41, 5.74) is 2.05. The van der Waals surface area contributed by atoms with Crippen molar-refractivity contribution >= 4 is 16.9 Å². The second kappa shape index (κ2) is 7.32. The Hall–Kier alpha value is -1.92. The first kappa shape index (κ1) is 16.9. The molecule has 0 radical (unpaired) electrons. The van der Waals surface area contributed by atoms with Gasteiger partial charge in [-0.05, 0) is 25.6 Å². The lowest BCUT2D eigenvalue weighted by Crippen LogP contribution is -2.49. The van der Waals surface area contributed by atoms with Crippen molar-refractivity contribution in [3.8, 4) is 0 Å². The maximum Gasteiger partial charge on any atom is 0.234 e. The molecular weight excluding hydrogens is 302 g/mol. The molecule has 2 aromatic rings. The number of nitrogens with zero attached hydrogens (tertiary/aromatic N) is 4. The van der Waals surface area contributed by atoms with Crippen molar-refractivity contribution in [3.05, 3.63) is 30.1 Å². The molecule has 1 amide bonds. The fourth-order valence-corrected chi connectivity index (χ4v) is 3.37. The molecule has 1 aliphatic heterocycles. The maximum atomic E-state index is 12.4. The minimum Gasteiger partial charge on any atom is -0.345 e. The van der Waals surface area contributed by atoms with E-state index < -0.39 is 0 Å². The summed E-state index contributed by atoms with van der Waals surface area (Å²) in [5, 5.41) is 3.09. The molecule has 1 aromatic heterocycles. The van der Waals surface area contributed by atoms with E-state index in [1.807, 2.05) is 38.2 Å². The van der Waals surface area contributed by atoms with Crippen molar-refractivity contribution in [2.45, 2.75) is 19.9 Å². The smallest absolute Gasteiger partial charge is 0.234 e. The standard InChI is InChI=1S/C18H27N5O/c1-4-22-9-11-23(12-10-22)13-17(24)19-14(2)18-20-15-7-5-6-8-16(15)21(18)3/h5-8,14H,4,9-13H2,1-3H3,(H,19,24). The van der Waals surface area contributed by atoms with Gasteiger partial charge in [-0.15, -0.1) is 0 Å². The number of fused-ring (bicyclic) bond motifs is 1. The highest BCUT2D eigenvalue weighted by atomic mass is 16.2. The largest absolute Gasteiger partial charge is 0.345 e. The SMILES string of the molecule is CCN1CCN(CC(=O)NC(C)c2nc3ccccc3n2C)CC1. The zero-order chi connectivity index (χ0) is 17.1. The third-order valence-electron chi connectivity index (χ3n) is 4.87. The second-order valence-corrected chi connectivity index (χ2v) is 6.52. The van der Waals surface area contributed by atoms with Crippen molar-refractivity contribution in [3.63, 3.8) is 0 Å². The molecule has 1 atom stereocenters. The van der Waals surface area contributed by atoms with E-state index in [4.69, 9.17) is 0 Å². The van der Waals surface area contributed by atoms with Gasteiger partial charge in [-0.3, -0.25) is 9.69 Å². The van der Waals surface area contributed by atoms with Crippen molar-refractivity contribution in [2.75, 3.05) is 39.3 Å². The number of para-hydroxylation sites is 2. The molecule has 6 nitrogen and oxygen atoms in total. The number of aromatic nitrogens is 2. The molecular formula is C18H27N5O. The lowest BCUT2D eigenvalue weighted by atomic mass is 10.3. The van der Waals surface area contributed by atoms with Gasteiger partial charge in [0.2, 0.25) is 5.91 Å². The van der Waals surface area contributed by atoms with Crippen LogP contribution in [0.2, 0.25) is 0 Å². The molecule has 0 aliphatic carbocycles. The number of carbonyl (C=O) groups excluding carboxylic acids is 1. The number of hydrogen-bond donors (Lipinski definition) is 1. The van der Waals surface area contributed by atoms with E-state index in [9.17, 15) is 4.79 Å². The summed E-state index contributed by atoms with van der Waals surface area (Å²) in [4.78, 5) is 21.7. The lowest BCUT2D eigenvalue weighted by Gasteiger charge is -2.33. The Morgan fingerprint density at radius 1 is 1.21 bits per heavy atom. The normalized spacial score (nSPS) is 18.0. The number of nitrogens with one attached hydrogen (secondary N) is 1. The van der Waals surface area contributed by atoms with Crippen molar-refractivity contribution in [2.24, 2.45) is 7.05 Å². The molecule has 1 aromatic carbocycles. The van der Waals surface area contributed by atoms with E-state index in [-0.39, 0.29) is 11.9 Å². The van der Waals surface area contributed by atoms with Crippen LogP contribution in [-0.2, 0) is 11.8 Å². The van der Waals surface area contributed by atoms with Gasteiger partial charge in [-0.1, -0.05) is 19.1 Å². The fraction of sp³-hybridized carbons (Fsp3) is 0.556. The Kier molecular flexibility index (Phi) is 5.16. The summed E-state index contributed by atoms with van der Waals surface area (Å²) in [5.74, 6) is 0.958. The van der Waals surface area contributed by atoms with Crippen LogP contribution >= 0.6 is 0 Å². The van der Waals surface area contributed by atoms with Gasteiger partial charge in [0.25, 0.3) is 0 Å². The first-order valence-corrected chi connectivity index (χ1v) is 8.74. The highest BCUT2D eigenvalue weighted by Gasteiger charge is 2.20. The average Bonchev–Trinajstić information content (AvgIpc) is 2.93. The summed E-state index contributed by atoms with van der Waals surface area (Å²) in [6, 6.07) is 7.94. The van der Waals surface area contributed by atoms with Gasteiger partial charge in [-0.25, -0.2) is 4.98 Å². The fourth-order valence-electron chi connectivity index (χ4n) is 3.37. The van der Waals surface area contributed by atoms with E-state index in [1.165, 1.54) is 0 Å². The number of hydrogen-bond acceptors (Lipinski definition) is 4. The predicted octanol–water partition coefficient (Wildman–Crippen LogP) is 1.39. The quantitative estimate of drug-likeness (QED) is 0.901. The Labute approximate surface area is 143 Å². The molecule has 130 valence electrons. The highest BCUT2D eigenvalue weighted by Crippen LogP contribution is 2.19. The molecule has 24 heavy (non-hydrogen) atoms. The van der Waals surface area contributed by atoms with Crippen molar-refractivity contribution < 1.29 is 4.79 Å². The van der Waals surface area contributed by atoms with E-state index in [1.54, 1.807) is 0 Å². The summed E-state index contributed by atoms with van der Waals surface area (Å²) in [6.45, 7) is 9.74. The Morgan fingerprint density at radius 3 is 2.54 bits per heavy atom.